The molecule has 1 aliphatic rings. The fourth-order valence-corrected chi connectivity index (χ4v) is 3.30. The number of rotatable bonds is 4. The van der Waals surface area contributed by atoms with Gasteiger partial charge in [-0.2, -0.15) is 0 Å². The first-order chi connectivity index (χ1) is 9.08. The topological polar surface area (TPSA) is 15.3 Å². The molecule has 19 heavy (non-hydrogen) atoms. The van der Waals surface area contributed by atoms with Crippen molar-refractivity contribution in [3.63, 3.8) is 0 Å². The molecule has 0 aromatic heterocycles. The summed E-state index contributed by atoms with van der Waals surface area (Å²) in [6.07, 6.45) is 1.10. The number of benzene rings is 1. The quantitative estimate of drug-likeness (QED) is 0.908. The third-order valence-electron chi connectivity index (χ3n) is 3.61. The fourth-order valence-electron chi connectivity index (χ4n) is 2.68. The maximum absolute atomic E-state index is 13.3. The van der Waals surface area contributed by atoms with E-state index in [4.69, 9.17) is 0 Å². The molecule has 0 bridgehead atoms. The molecule has 2 nitrogen and oxygen atoms in total. The van der Waals surface area contributed by atoms with Crippen LogP contribution in [0.3, 0.4) is 0 Å². The van der Waals surface area contributed by atoms with Gasteiger partial charge in [-0.3, -0.25) is 4.90 Å². The van der Waals surface area contributed by atoms with Gasteiger partial charge in [0.1, 0.15) is 5.82 Å². The van der Waals surface area contributed by atoms with E-state index in [0.29, 0.717) is 12.0 Å². The van der Waals surface area contributed by atoms with E-state index in [-0.39, 0.29) is 5.82 Å². The van der Waals surface area contributed by atoms with Crippen LogP contribution < -0.4 is 5.32 Å². The van der Waals surface area contributed by atoms with Crippen molar-refractivity contribution >= 4 is 15.9 Å². The molecule has 1 aromatic rings. The Morgan fingerprint density at radius 3 is 2.58 bits per heavy atom. The highest BCUT2D eigenvalue weighted by Crippen LogP contribution is 2.33. The highest BCUT2D eigenvalue weighted by Gasteiger charge is 2.24. The summed E-state index contributed by atoms with van der Waals surface area (Å²) in [4.78, 5) is 2.51. The summed E-state index contributed by atoms with van der Waals surface area (Å²) in [5, 5.41) is 3.38. The van der Waals surface area contributed by atoms with Gasteiger partial charge in [0.15, 0.2) is 0 Å². The SMILES string of the molecule is CC(C)C[C@H](c1ccc(F)cc1Br)N1CCNCC1. The van der Waals surface area contributed by atoms with Crippen molar-refractivity contribution < 1.29 is 4.39 Å². The average molecular weight is 329 g/mol. The molecule has 1 atom stereocenters. The normalized spacial score (nSPS) is 18.8. The van der Waals surface area contributed by atoms with Crippen LogP contribution in [0.5, 0.6) is 0 Å². The minimum atomic E-state index is -0.181. The van der Waals surface area contributed by atoms with Crippen LogP contribution in [0.1, 0.15) is 31.9 Å². The molecule has 1 aromatic carbocycles. The lowest BCUT2D eigenvalue weighted by atomic mass is 9.95. The third-order valence-corrected chi connectivity index (χ3v) is 4.30. The Morgan fingerprint density at radius 1 is 1.32 bits per heavy atom. The number of halogens is 2. The highest BCUT2D eigenvalue weighted by atomic mass is 79.9. The van der Waals surface area contributed by atoms with E-state index in [9.17, 15) is 4.39 Å². The second-order valence-corrected chi connectivity index (χ2v) is 6.45. The number of hydrogen-bond donors (Lipinski definition) is 1. The molecule has 1 N–H and O–H groups in total. The predicted molar refractivity (Wildman–Crippen MR) is 80.7 cm³/mol. The summed E-state index contributed by atoms with van der Waals surface area (Å²) in [7, 11) is 0. The van der Waals surface area contributed by atoms with E-state index in [1.165, 1.54) is 5.56 Å². The zero-order valence-corrected chi connectivity index (χ0v) is 13.2. The first-order valence-electron chi connectivity index (χ1n) is 6.97. The summed E-state index contributed by atoms with van der Waals surface area (Å²) in [6, 6.07) is 5.44. The summed E-state index contributed by atoms with van der Waals surface area (Å²) < 4.78 is 14.1. The lowest BCUT2D eigenvalue weighted by Crippen LogP contribution is -2.45. The van der Waals surface area contributed by atoms with Crippen molar-refractivity contribution in [3.05, 3.63) is 34.1 Å². The van der Waals surface area contributed by atoms with E-state index in [2.05, 4.69) is 40.0 Å². The molecule has 0 aliphatic carbocycles. The standard InChI is InChI=1S/C15H22BrFN2/c1-11(2)9-15(19-7-5-18-6-8-19)13-4-3-12(17)10-14(13)16/h3-4,10-11,15,18H,5-9H2,1-2H3/t15-/m1/s1. The van der Waals surface area contributed by atoms with Crippen LogP contribution >= 0.6 is 15.9 Å². The van der Waals surface area contributed by atoms with Gasteiger partial charge in [0.2, 0.25) is 0 Å². The Kier molecular flexibility index (Phi) is 5.37. The summed E-state index contributed by atoms with van der Waals surface area (Å²) in [5.41, 5.74) is 1.21. The van der Waals surface area contributed by atoms with Crippen LogP contribution in [0.25, 0.3) is 0 Å². The van der Waals surface area contributed by atoms with Gasteiger partial charge in [-0.15, -0.1) is 0 Å². The van der Waals surface area contributed by atoms with Crippen LogP contribution in [0.15, 0.2) is 22.7 Å². The van der Waals surface area contributed by atoms with Crippen LogP contribution in [0.4, 0.5) is 4.39 Å². The fraction of sp³-hybridized carbons (Fsp3) is 0.600. The molecule has 1 fully saturated rings. The Morgan fingerprint density at radius 2 is 2.00 bits per heavy atom. The van der Waals surface area contributed by atoms with Gasteiger partial charge in [0, 0.05) is 36.7 Å². The lowest BCUT2D eigenvalue weighted by molar-refractivity contribution is 0.153. The van der Waals surface area contributed by atoms with E-state index >= 15 is 0 Å². The first kappa shape index (κ1) is 14.9. The highest BCUT2D eigenvalue weighted by molar-refractivity contribution is 9.10. The Balaban J connectivity index is 2.25. The van der Waals surface area contributed by atoms with Crippen molar-refractivity contribution in [1.82, 2.24) is 10.2 Å². The number of nitrogens with zero attached hydrogens (tertiary/aromatic N) is 1. The van der Waals surface area contributed by atoms with Crippen LogP contribution in [0, 0.1) is 11.7 Å². The maximum atomic E-state index is 13.3. The molecule has 1 heterocycles. The third kappa shape index (κ3) is 4.01. The molecule has 106 valence electrons. The van der Waals surface area contributed by atoms with Gasteiger partial charge in [0.05, 0.1) is 0 Å². The Bertz CT molecular complexity index is 417. The lowest BCUT2D eigenvalue weighted by Gasteiger charge is -2.36. The van der Waals surface area contributed by atoms with E-state index in [1.807, 2.05) is 6.07 Å². The summed E-state index contributed by atoms with van der Waals surface area (Å²) in [6.45, 7) is 8.67. The van der Waals surface area contributed by atoms with Crippen LogP contribution in [-0.2, 0) is 0 Å². The second kappa shape index (κ2) is 6.82. The Labute approximate surface area is 123 Å². The van der Waals surface area contributed by atoms with Crippen molar-refractivity contribution in [2.45, 2.75) is 26.3 Å². The summed E-state index contributed by atoms with van der Waals surface area (Å²) >= 11 is 3.52. The molecule has 1 saturated heterocycles. The molecule has 2 rings (SSSR count). The molecule has 0 saturated carbocycles. The zero-order valence-electron chi connectivity index (χ0n) is 11.6. The molecule has 0 unspecified atom stereocenters. The molecule has 1 aliphatic heterocycles. The Hall–Kier alpha value is -0.450. The number of piperazine rings is 1. The van der Waals surface area contributed by atoms with Crippen molar-refractivity contribution in [3.8, 4) is 0 Å². The van der Waals surface area contributed by atoms with Gasteiger partial charge in [-0.05, 0) is 30.0 Å². The van der Waals surface area contributed by atoms with Crippen molar-refractivity contribution in [2.75, 3.05) is 26.2 Å². The minimum absolute atomic E-state index is 0.181. The van der Waals surface area contributed by atoms with Gasteiger partial charge in [0.25, 0.3) is 0 Å². The van der Waals surface area contributed by atoms with Crippen LogP contribution in [0.2, 0.25) is 0 Å². The van der Waals surface area contributed by atoms with Crippen molar-refractivity contribution in [1.29, 1.82) is 0 Å². The molecular weight excluding hydrogens is 307 g/mol. The molecule has 0 amide bonds. The minimum Gasteiger partial charge on any atom is -0.314 e. The first-order valence-corrected chi connectivity index (χ1v) is 7.77. The van der Waals surface area contributed by atoms with Crippen LogP contribution in [-0.4, -0.2) is 31.1 Å². The molecular formula is C15H22BrFN2. The van der Waals surface area contributed by atoms with E-state index in [1.54, 1.807) is 12.1 Å². The maximum Gasteiger partial charge on any atom is 0.124 e. The average Bonchev–Trinajstić information content (AvgIpc) is 2.37. The van der Waals surface area contributed by atoms with Gasteiger partial charge < -0.3 is 5.32 Å². The molecule has 4 heteroatoms. The molecule has 0 spiro atoms. The van der Waals surface area contributed by atoms with Crippen molar-refractivity contribution in [2.24, 2.45) is 5.92 Å². The van der Waals surface area contributed by atoms with Gasteiger partial charge in [-0.1, -0.05) is 35.8 Å². The number of nitrogens with one attached hydrogen (secondary N) is 1. The predicted octanol–water partition coefficient (Wildman–Crippen LogP) is 3.58. The van der Waals surface area contributed by atoms with E-state index < -0.39 is 0 Å². The second-order valence-electron chi connectivity index (χ2n) is 5.60. The smallest absolute Gasteiger partial charge is 0.124 e. The number of hydrogen-bond acceptors (Lipinski definition) is 2. The largest absolute Gasteiger partial charge is 0.314 e. The van der Waals surface area contributed by atoms with E-state index in [0.717, 1.165) is 37.1 Å². The van der Waals surface area contributed by atoms with Gasteiger partial charge in [-0.25, -0.2) is 4.39 Å². The molecule has 0 radical (unpaired) electrons. The summed E-state index contributed by atoms with van der Waals surface area (Å²) in [5.74, 6) is 0.441. The zero-order chi connectivity index (χ0) is 13.8. The monoisotopic (exact) mass is 328 g/mol. The van der Waals surface area contributed by atoms with Gasteiger partial charge >= 0.3 is 0 Å².